The molecule has 2 heterocycles. The minimum Gasteiger partial charge on any atom is -0.454 e. The Labute approximate surface area is 190 Å². The van der Waals surface area contributed by atoms with E-state index in [1.807, 2.05) is 30.3 Å². The minimum atomic E-state index is -0.479. The third-order valence-corrected chi connectivity index (χ3v) is 5.18. The highest BCUT2D eigenvalue weighted by molar-refractivity contribution is 5.89. The first-order valence-electron chi connectivity index (χ1n) is 10.6. The Morgan fingerprint density at radius 2 is 1.82 bits per heavy atom. The molecule has 10 heteroatoms. The van der Waals surface area contributed by atoms with Crippen molar-refractivity contribution >= 4 is 17.6 Å². The van der Waals surface area contributed by atoms with Crippen LogP contribution in [0.5, 0.6) is 11.5 Å². The van der Waals surface area contributed by atoms with Crippen LogP contribution in [-0.4, -0.2) is 47.4 Å². The highest BCUT2D eigenvalue weighted by atomic mass is 16.7. The van der Waals surface area contributed by atoms with Crippen molar-refractivity contribution in [1.82, 2.24) is 20.4 Å². The molecule has 2 N–H and O–H groups in total. The maximum Gasteiger partial charge on any atom is 0.321 e. The molecule has 0 saturated carbocycles. The summed E-state index contributed by atoms with van der Waals surface area (Å²) in [5.41, 5.74) is 2.78. The van der Waals surface area contributed by atoms with Crippen LogP contribution in [0, 0.1) is 0 Å². The highest BCUT2D eigenvalue weighted by Crippen LogP contribution is 2.32. The van der Waals surface area contributed by atoms with Gasteiger partial charge in [0.1, 0.15) is 0 Å². The molecule has 4 rings (SSSR count). The van der Waals surface area contributed by atoms with Crippen molar-refractivity contribution < 1.29 is 23.6 Å². The molecule has 0 spiro atoms. The van der Waals surface area contributed by atoms with Crippen molar-refractivity contribution in [3.63, 3.8) is 0 Å². The Morgan fingerprint density at radius 3 is 2.61 bits per heavy atom. The molecule has 1 aliphatic rings. The van der Waals surface area contributed by atoms with Crippen LogP contribution < -0.4 is 20.1 Å². The number of benzene rings is 2. The molecular formula is C23H25N5O5. The van der Waals surface area contributed by atoms with E-state index in [9.17, 15) is 9.59 Å². The molecule has 10 nitrogen and oxygen atoms in total. The van der Waals surface area contributed by atoms with Crippen LogP contribution in [0.15, 0.2) is 47.0 Å². The second-order valence-electron chi connectivity index (χ2n) is 7.54. The number of carbonyl (C=O) groups excluding carboxylic acids is 2. The number of rotatable bonds is 8. The summed E-state index contributed by atoms with van der Waals surface area (Å²) < 4.78 is 15.7. The smallest absolute Gasteiger partial charge is 0.321 e. The topological polar surface area (TPSA) is 119 Å². The zero-order valence-electron chi connectivity index (χ0n) is 18.5. The number of nitrogens with one attached hydrogen (secondary N) is 2. The Kier molecular flexibility index (Phi) is 6.72. The van der Waals surface area contributed by atoms with Gasteiger partial charge in [-0.15, -0.1) is 0 Å². The molecule has 172 valence electrons. The standard InChI is InChI=1S/C23H25N5O5/c1-3-15-4-7-17(8-5-15)25-23(30)28(2)11-10-20-26-22(33-27-20)21(29)24-13-16-6-9-18-19(12-16)32-14-31-18/h4-9,12H,3,10-11,13-14H2,1-2H3,(H,24,29)(H,25,30). The molecule has 0 aliphatic carbocycles. The van der Waals surface area contributed by atoms with Crippen molar-refractivity contribution in [3.05, 3.63) is 65.3 Å². The van der Waals surface area contributed by atoms with E-state index in [0.29, 0.717) is 30.3 Å². The summed E-state index contributed by atoms with van der Waals surface area (Å²) >= 11 is 0. The van der Waals surface area contributed by atoms with Gasteiger partial charge < -0.3 is 29.5 Å². The van der Waals surface area contributed by atoms with Crippen LogP contribution >= 0.6 is 0 Å². The van der Waals surface area contributed by atoms with E-state index < -0.39 is 5.91 Å². The average Bonchev–Trinajstić information content (AvgIpc) is 3.50. The third kappa shape index (κ3) is 5.59. The lowest BCUT2D eigenvalue weighted by atomic mass is 10.1. The van der Waals surface area contributed by atoms with E-state index in [-0.39, 0.29) is 25.3 Å². The molecule has 0 radical (unpaired) electrons. The van der Waals surface area contributed by atoms with E-state index in [1.165, 1.54) is 10.5 Å². The lowest BCUT2D eigenvalue weighted by Gasteiger charge is -2.17. The molecule has 0 fully saturated rings. The predicted molar refractivity (Wildman–Crippen MR) is 119 cm³/mol. The Bertz CT molecular complexity index is 1130. The van der Waals surface area contributed by atoms with Crippen molar-refractivity contribution in [2.75, 3.05) is 25.7 Å². The molecule has 1 aliphatic heterocycles. The van der Waals surface area contributed by atoms with E-state index in [2.05, 4.69) is 27.7 Å². The number of hydrogen-bond donors (Lipinski definition) is 2. The summed E-state index contributed by atoms with van der Waals surface area (Å²) in [7, 11) is 1.68. The molecule has 0 bridgehead atoms. The van der Waals surface area contributed by atoms with Gasteiger partial charge in [-0.2, -0.15) is 4.98 Å². The lowest BCUT2D eigenvalue weighted by Crippen LogP contribution is -2.33. The Hall–Kier alpha value is -4.08. The van der Waals surface area contributed by atoms with Gasteiger partial charge in [-0.25, -0.2) is 4.79 Å². The number of amides is 3. The van der Waals surface area contributed by atoms with Gasteiger partial charge >= 0.3 is 17.8 Å². The largest absolute Gasteiger partial charge is 0.454 e. The molecule has 0 unspecified atom stereocenters. The quantitative estimate of drug-likeness (QED) is 0.540. The van der Waals surface area contributed by atoms with Crippen LogP contribution in [0.1, 0.15) is 34.6 Å². The summed E-state index contributed by atoms with van der Waals surface area (Å²) in [5.74, 6) is 1.06. The number of fused-ring (bicyclic) bond motifs is 1. The van der Waals surface area contributed by atoms with Gasteiger partial charge in [-0.3, -0.25) is 4.79 Å². The minimum absolute atomic E-state index is 0.131. The zero-order valence-corrected chi connectivity index (χ0v) is 18.5. The number of carbonyl (C=O) groups is 2. The van der Waals surface area contributed by atoms with Gasteiger partial charge in [0.2, 0.25) is 6.79 Å². The highest BCUT2D eigenvalue weighted by Gasteiger charge is 2.18. The van der Waals surface area contributed by atoms with Crippen LogP contribution in [-0.2, 0) is 19.4 Å². The molecule has 3 amide bonds. The maximum atomic E-state index is 12.4. The second-order valence-corrected chi connectivity index (χ2v) is 7.54. The first kappa shape index (κ1) is 22.1. The first-order chi connectivity index (χ1) is 16.0. The summed E-state index contributed by atoms with van der Waals surface area (Å²) in [5, 5.41) is 9.41. The number of nitrogens with zero attached hydrogens (tertiary/aromatic N) is 3. The van der Waals surface area contributed by atoms with Gasteiger partial charge in [0, 0.05) is 32.2 Å². The number of likely N-dealkylation sites (N-methyl/N-ethyl adjacent to an activating group) is 1. The van der Waals surface area contributed by atoms with Crippen molar-refractivity contribution in [3.8, 4) is 11.5 Å². The second kappa shape index (κ2) is 10.0. The van der Waals surface area contributed by atoms with Crippen LogP contribution in [0.25, 0.3) is 0 Å². The predicted octanol–water partition coefficient (Wildman–Crippen LogP) is 3.00. The van der Waals surface area contributed by atoms with E-state index in [0.717, 1.165) is 17.7 Å². The SMILES string of the molecule is CCc1ccc(NC(=O)N(C)CCc2noc(C(=O)NCc3ccc4c(c3)OCO4)n2)cc1. The first-order valence-corrected chi connectivity index (χ1v) is 10.6. The van der Waals surface area contributed by atoms with E-state index in [4.69, 9.17) is 14.0 Å². The Morgan fingerprint density at radius 1 is 1.06 bits per heavy atom. The number of ether oxygens (including phenoxy) is 2. The summed E-state index contributed by atoms with van der Waals surface area (Å²) in [6.45, 7) is 2.90. The van der Waals surface area contributed by atoms with Gasteiger partial charge in [-0.1, -0.05) is 30.3 Å². The van der Waals surface area contributed by atoms with Crippen molar-refractivity contribution in [2.45, 2.75) is 26.3 Å². The number of urea groups is 1. The van der Waals surface area contributed by atoms with Crippen molar-refractivity contribution in [2.24, 2.45) is 0 Å². The van der Waals surface area contributed by atoms with Gasteiger partial charge in [0.25, 0.3) is 0 Å². The molecule has 33 heavy (non-hydrogen) atoms. The molecule has 0 atom stereocenters. The van der Waals surface area contributed by atoms with Crippen LogP contribution in [0.4, 0.5) is 10.5 Å². The molecule has 1 aromatic heterocycles. The number of aryl methyl sites for hydroxylation is 1. The molecule has 3 aromatic rings. The number of aromatic nitrogens is 2. The summed E-state index contributed by atoms with van der Waals surface area (Å²) in [6, 6.07) is 12.9. The normalized spacial score (nSPS) is 11.8. The van der Waals surface area contributed by atoms with Crippen LogP contribution in [0.2, 0.25) is 0 Å². The number of hydrogen-bond acceptors (Lipinski definition) is 7. The number of anilines is 1. The average molecular weight is 451 g/mol. The Balaban J connectivity index is 1.23. The van der Waals surface area contributed by atoms with Gasteiger partial charge in [-0.05, 0) is 41.8 Å². The third-order valence-electron chi connectivity index (χ3n) is 5.18. The summed E-state index contributed by atoms with van der Waals surface area (Å²) in [6.07, 6.45) is 1.29. The maximum absolute atomic E-state index is 12.4. The zero-order chi connectivity index (χ0) is 23.2. The van der Waals surface area contributed by atoms with E-state index >= 15 is 0 Å². The van der Waals surface area contributed by atoms with Gasteiger partial charge in [0.05, 0.1) is 0 Å². The van der Waals surface area contributed by atoms with Crippen LogP contribution in [0.3, 0.4) is 0 Å². The molecule has 2 aromatic carbocycles. The fraction of sp³-hybridized carbons (Fsp3) is 0.304. The van der Waals surface area contributed by atoms with Gasteiger partial charge in [0.15, 0.2) is 17.3 Å². The monoisotopic (exact) mass is 451 g/mol. The fourth-order valence-corrected chi connectivity index (χ4v) is 3.17. The van der Waals surface area contributed by atoms with Crippen molar-refractivity contribution in [1.29, 1.82) is 0 Å². The summed E-state index contributed by atoms with van der Waals surface area (Å²) in [4.78, 5) is 30.3. The lowest BCUT2D eigenvalue weighted by molar-refractivity contribution is 0.0907. The molecular weight excluding hydrogens is 426 g/mol. The van der Waals surface area contributed by atoms with E-state index in [1.54, 1.807) is 19.2 Å². The fourth-order valence-electron chi connectivity index (χ4n) is 3.17. The molecule has 0 saturated heterocycles.